The topological polar surface area (TPSA) is 39.1 Å². The number of nitriles is 1. The van der Waals surface area contributed by atoms with Gasteiger partial charge in [-0.2, -0.15) is 5.26 Å². The zero-order valence-electron chi connectivity index (χ0n) is 10.6. The van der Waals surface area contributed by atoms with Crippen LogP contribution in [0.15, 0.2) is 0 Å². The highest BCUT2D eigenvalue weighted by atomic mass is 15.1. The van der Waals surface area contributed by atoms with Gasteiger partial charge in [0.1, 0.15) is 0 Å². The first-order valence-electron chi connectivity index (χ1n) is 5.89. The van der Waals surface area contributed by atoms with Crippen molar-refractivity contribution < 1.29 is 0 Å². The van der Waals surface area contributed by atoms with E-state index in [1.807, 2.05) is 0 Å². The highest BCUT2D eigenvalue weighted by molar-refractivity contribution is 4.73. The summed E-state index contributed by atoms with van der Waals surface area (Å²) in [6.45, 7) is 12.8. The summed E-state index contributed by atoms with van der Waals surface area (Å²) >= 11 is 0. The van der Waals surface area contributed by atoms with Crippen LogP contribution in [0.1, 0.15) is 34.1 Å². The minimum atomic E-state index is 0.543. The Kier molecular flexibility index (Phi) is 8.35. The summed E-state index contributed by atoms with van der Waals surface area (Å²) in [4.78, 5) is 2.36. The predicted molar refractivity (Wildman–Crippen MR) is 64.6 cm³/mol. The Morgan fingerprint density at radius 1 is 1.20 bits per heavy atom. The summed E-state index contributed by atoms with van der Waals surface area (Å²) in [6, 6.07) is 2.75. The second-order valence-electron chi connectivity index (χ2n) is 4.71. The van der Waals surface area contributed by atoms with Crippen LogP contribution in [0.2, 0.25) is 0 Å². The van der Waals surface area contributed by atoms with E-state index in [-0.39, 0.29) is 0 Å². The number of nitrogens with one attached hydrogen (secondary N) is 1. The minimum absolute atomic E-state index is 0.543. The number of hydrogen-bond donors (Lipinski definition) is 1. The second-order valence-corrected chi connectivity index (χ2v) is 4.71. The summed E-state index contributed by atoms with van der Waals surface area (Å²) in [7, 11) is 0. The molecule has 0 fully saturated rings. The van der Waals surface area contributed by atoms with Crippen molar-refractivity contribution in [3.63, 3.8) is 0 Å². The second kappa shape index (κ2) is 8.70. The Bertz CT molecular complexity index is 182. The zero-order chi connectivity index (χ0) is 11.7. The van der Waals surface area contributed by atoms with Gasteiger partial charge in [0.2, 0.25) is 0 Å². The average Bonchev–Trinajstić information content (AvgIpc) is 2.12. The van der Waals surface area contributed by atoms with E-state index in [9.17, 15) is 0 Å². The third kappa shape index (κ3) is 9.71. The van der Waals surface area contributed by atoms with Crippen molar-refractivity contribution in [3.05, 3.63) is 0 Å². The van der Waals surface area contributed by atoms with Gasteiger partial charge in [0.15, 0.2) is 0 Å². The Balaban J connectivity index is 3.75. The molecule has 0 amide bonds. The van der Waals surface area contributed by atoms with Crippen LogP contribution in [0.25, 0.3) is 0 Å². The average molecular weight is 211 g/mol. The first kappa shape index (κ1) is 14.4. The summed E-state index contributed by atoms with van der Waals surface area (Å²) in [5, 5.41) is 12.0. The lowest BCUT2D eigenvalue weighted by molar-refractivity contribution is 0.247. The van der Waals surface area contributed by atoms with E-state index in [1.165, 1.54) is 0 Å². The lowest BCUT2D eigenvalue weighted by Gasteiger charge is -2.23. The molecule has 0 rings (SSSR count). The quantitative estimate of drug-likeness (QED) is 0.666. The Morgan fingerprint density at radius 3 is 2.33 bits per heavy atom. The standard InChI is InChI=1S/C12H25N3/c1-11(2)10-15(8-5-6-13)9-7-14-12(3)4/h11-12,14H,5,7-10H2,1-4H3. The molecule has 0 aliphatic rings. The first-order valence-corrected chi connectivity index (χ1v) is 5.89. The molecule has 0 bridgehead atoms. The molecule has 0 radical (unpaired) electrons. The molecule has 0 aliphatic heterocycles. The summed E-state index contributed by atoms with van der Waals surface area (Å²) in [5.74, 6) is 0.669. The molecule has 88 valence electrons. The fraction of sp³-hybridized carbons (Fsp3) is 0.917. The van der Waals surface area contributed by atoms with Crippen LogP contribution < -0.4 is 5.32 Å². The lowest BCUT2D eigenvalue weighted by atomic mass is 10.2. The molecule has 0 aliphatic carbocycles. The molecule has 1 N–H and O–H groups in total. The number of hydrogen-bond acceptors (Lipinski definition) is 3. The number of nitrogens with zero attached hydrogens (tertiary/aromatic N) is 2. The van der Waals surface area contributed by atoms with Gasteiger partial charge < -0.3 is 10.2 Å². The van der Waals surface area contributed by atoms with Crippen molar-refractivity contribution >= 4 is 0 Å². The normalized spacial score (nSPS) is 11.3. The van der Waals surface area contributed by atoms with Gasteiger partial charge in [-0.15, -0.1) is 0 Å². The summed E-state index contributed by atoms with van der Waals surface area (Å²) in [5.41, 5.74) is 0. The van der Waals surface area contributed by atoms with Crippen molar-refractivity contribution in [2.24, 2.45) is 5.92 Å². The SMILES string of the molecule is CC(C)CN(CCC#N)CCNC(C)C. The van der Waals surface area contributed by atoms with Gasteiger partial charge in [-0.25, -0.2) is 0 Å². The molecule has 0 aromatic rings. The molecule has 3 nitrogen and oxygen atoms in total. The minimum Gasteiger partial charge on any atom is -0.313 e. The lowest BCUT2D eigenvalue weighted by Crippen LogP contribution is -2.37. The smallest absolute Gasteiger partial charge is 0.0635 e. The fourth-order valence-electron chi connectivity index (χ4n) is 1.53. The van der Waals surface area contributed by atoms with Crippen molar-refractivity contribution in [2.45, 2.75) is 40.2 Å². The third-order valence-electron chi connectivity index (χ3n) is 2.14. The van der Waals surface area contributed by atoms with Crippen LogP contribution in [-0.2, 0) is 0 Å². The van der Waals surface area contributed by atoms with E-state index in [0.717, 1.165) is 26.2 Å². The van der Waals surface area contributed by atoms with E-state index < -0.39 is 0 Å². The maximum atomic E-state index is 8.57. The van der Waals surface area contributed by atoms with Crippen LogP contribution in [0.3, 0.4) is 0 Å². The maximum Gasteiger partial charge on any atom is 0.0635 e. The maximum absolute atomic E-state index is 8.57. The van der Waals surface area contributed by atoms with Gasteiger partial charge >= 0.3 is 0 Å². The van der Waals surface area contributed by atoms with Crippen LogP contribution in [0.4, 0.5) is 0 Å². The molecule has 0 heterocycles. The first-order chi connectivity index (χ1) is 7.06. The Hall–Kier alpha value is -0.590. The predicted octanol–water partition coefficient (Wildman–Crippen LogP) is 1.86. The van der Waals surface area contributed by atoms with Gasteiger partial charge in [-0.3, -0.25) is 0 Å². The molecule has 15 heavy (non-hydrogen) atoms. The van der Waals surface area contributed by atoms with E-state index in [1.54, 1.807) is 0 Å². The van der Waals surface area contributed by atoms with E-state index in [0.29, 0.717) is 18.4 Å². The van der Waals surface area contributed by atoms with E-state index in [4.69, 9.17) is 5.26 Å². The number of rotatable bonds is 8. The van der Waals surface area contributed by atoms with Gasteiger partial charge in [0, 0.05) is 38.6 Å². The highest BCUT2D eigenvalue weighted by Gasteiger charge is 2.06. The molecule has 0 aromatic carbocycles. The molecule has 0 saturated carbocycles. The Morgan fingerprint density at radius 2 is 1.87 bits per heavy atom. The molecule has 0 atom stereocenters. The van der Waals surface area contributed by atoms with Crippen molar-refractivity contribution in [3.8, 4) is 6.07 Å². The molecule has 0 aromatic heterocycles. The third-order valence-corrected chi connectivity index (χ3v) is 2.14. The van der Waals surface area contributed by atoms with Crippen molar-refractivity contribution in [1.82, 2.24) is 10.2 Å². The van der Waals surface area contributed by atoms with Crippen LogP contribution in [0.5, 0.6) is 0 Å². The monoisotopic (exact) mass is 211 g/mol. The van der Waals surface area contributed by atoms with Crippen LogP contribution in [-0.4, -0.2) is 37.1 Å². The molecular formula is C12H25N3. The van der Waals surface area contributed by atoms with E-state index in [2.05, 4.69) is 44.0 Å². The van der Waals surface area contributed by atoms with Crippen LogP contribution >= 0.6 is 0 Å². The van der Waals surface area contributed by atoms with Crippen LogP contribution in [0, 0.1) is 17.2 Å². The molecule has 0 saturated heterocycles. The van der Waals surface area contributed by atoms with E-state index >= 15 is 0 Å². The zero-order valence-corrected chi connectivity index (χ0v) is 10.6. The summed E-state index contributed by atoms with van der Waals surface area (Å²) < 4.78 is 0. The molecule has 3 heteroatoms. The van der Waals surface area contributed by atoms with Gasteiger partial charge in [0.05, 0.1) is 6.07 Å². The van der Waals surface area contributed by atoms with Crippen molar-refractivity contribution in [2.75, 3.05) is 26.2 Å². The fourth-order valence-corrected chi connectivity index (χ4v) is 1.53. The Labute approximate surface area is 94.5 Å². The van der Waals surface area contributed by atoms with Gasteiger partial charge in [-0.05, 0) is 5.92 Å². The highest BCUT2D eigenvalue weighted by Crippen LogP contribution is 1.99. The summed E-state index contributed by atoms with van der Waals surface area (Å²) in [6.07, 6.45) is 0.633. The molecular weight excluding hydrogens is 186 g/mol. The van der Waals surface area contributed by atoms with Crippen molar-refractivity contribution in [1.29, 1.82) is 5.26 Å². The molecule has 0 spiro atoms. The largest absolute Gasteiger partial charge is 0.313 e. The van der Waals surface area contributed by atoms with Gasteiger partial charge in [-0.1, -0.05) is 27.7 Å². The van der Waals surface area contributed by atoms with Gasteiger partial charge in [0.25, 0.3) is 0 Å². The molecule has 0 unspecified atom stereocenters.